The van der Waals surface area contributed by atoms with Gasteiger partial charge in [0, 0.05) is 12.0 Å². The highest BCUT2D eigenvalue weighted by atomic mass is 16.5. The van der Waals surface area contributed by atoms with Gasteiger partial charge >= 0.3 is 0 Å². The molecule has 0 saturated carbocycles. The van der Waals surface area contributed by atoms with E-state index in [1.165, 1.54) is 11.1 Å². The highest BCUT2D eigenvalue weighted by molar-refractivity contribution is 5.35. The van der Waals surface area contributed by atoms with Gasteiger partial charge in [-0.3, -0.25) is 0 Å². The lowest BCUT2D eigenvalue weighted by Crippen LogP contribution is -2.38. The van der Waals surface area contributed by atoms with Crippen molar-refractivity contribution in [3.05, 3.63) is 65.7 Å². The fourth-order valence-corrected chi connectivity index (χ4v) is 2.84. The van der Waals surface area contributed by atoms with Crippen molar-refractivity contribution < 1.29 is 4.74 Å². The van der Waals surface area contributed by atoms with Gasteiger partial charge in [-0.15, -0.1) is 0 Å². The summed E-state index contributed by atoms with van der Waals surface area (Å²) in [6.45, 7) is 0.743. The van der Waals surface area contributed by atoms with E-state index in [2.05, 4.69) is 42.5 Å². The smallest absolute Gasteiger partial charge is 0.122 e. The monoisotopic (exact) mass is 267 g/mol. The summed E-state index contributed by atoms with van der Waals surface area (Å²) in [5.41, 5.74) is 9.03. The van der Waals surface area contributed by atoms with Gasteiger partial charge in [-0.05, 0) is 36.5 Å². The second kappa shape index (κ2) is 6.10. The zero-order valence-corrected chi connectivity index (χ0v) is 11.7. The van der Waals surface area contributed by atoms with Crippen LogP contribution in [0.4, 0.5) is 0 Å². The van der Waals surface area contributed by atoms with E-state index in [1.807, 2.05) is 12.1 Å². The van der Waals surface area contributed by atoms with Crippen molar-refractivity contribution in [3.8, 4) is 5.75 Å². The van der Waals surface area contributed by atoms with Crippen molar-refractivity contribution in [1.29, 1.82) is 0 Å². The van der Waals surface area contributed by atoms with Crippen LogP contribution in [-0.2, 0) is 12.8 Å². The Bertz CT molecular complexity index is 552. The standard InChI is InChI=1S/C18H21NO/c19-17(11-10-14-6-2-1-3-7-14)16-12-15-8-4-5-9-18(15)20-13-16/h1-9,16-17H,10-13,19H2. The summed E-state index contributed by atoms with van der Waals surface area (Å²) < 4.78 is 5.83. The lowest BCUT2D eigenvalue weighted by Gasteiger charge is -2.29. The van der Waals surface area contributed by atoms with Crippen molar-refractivity contribution in [2.75, 3.05) is 6.61 Å². The van der Waals surface area contributed by atoms with E-state index in [4.69, 9.17) is 10.5 Å². The van der Waals surface area contributed by atoms with Gasteiger partial charge in [0.25, 0.3) is 0 Å². The molecule has 2 nitrogen and oxygen atoms in total. The lowest BCUT2D eigenvalue weighted by molar-refractivity contribution is 0.195. The van der Waals surface area contributed by atoms with Gasteiger partial charge in [0.15, 0.2) is 0 Å². The van der Waals surface area contributed by atoms with Crippen LogP contribution in [0.5, 0.6) is 5.75 Å². The molecule has 0 aliphatic carbocycles. The van der Waals surface area contributed by atoms with Gasteiger partial charge in [-0.1, -0.05) is 48.5 Å². The molecule has 2 atom stereocenters. The van der Waals surface area contributed by atoms with Crippen LogP contribution in [0.25, 0.3) is 0 Å². The number of aryl methyl sites for hydroxylation is 1. The van der Waals surface area contributed by atoms with Crippen LogP contribution in [0.2, 0.25) is 0 Å². The van der Waals surface area contributed by atoms with E-state index < -0.39 is 0 Å². The molecule has 0 saturated heterocycles. The zero-order chi connectivity index (χ0) is 13.8. The maximum absolute atomic E-state index is 6.37. The average Bonchev–Trinajstić information content (AvgIpc) is 2.53. The summed E-state index contributed by atoms with van der Waals surface area (Å²) in [4.78, 5) is 0. The Morgan fingerprint density at radius 2 is 1.80 bits per heavy atom. The number of hydrogen-bond donors (Lipinski definition) is 1. The third kappa shape index (κ3) is 3.02. The summed E-state index contributed by atoms with van der Waals surface area (Å²) in [5, 5.41) is 0. The number of rotatable bonds is 4. The second-order valence-corrected chi connectivity index (χ2v) is 5.57. The van der Waals surface area contributed by atoms with E-state index in [9.17, 15) is 0 Å². The molecule has 2 heteroatoms. The molecule has 104 valence electrons. The van der Waals surface area contributed by atoms with Gasteiger partial charge < -0.3 is 10.5 Å². The quantitative estimate of drug-likeness (QED) is 0.923. The minimum absolute atomic E-state index is 0.198. The predicted molar refractivity (Wildman–Crippen MR) is 81.9 cm³/mol. The van der Waals surface area contributed by atoms with Crippen LogP contribution in [0.1, 0.15) is 17.5 Å². The maximum atomic E-state index is 6.37. The number of hydrogen-bond acceptors (Lipinski definition) is 2. The Balaban J connectivity index is 1.58. The fourth-order valence-electron chi connectivity index (χ4n) is 2.84. The Hall–Kier alpha value is -1.80. The Labute approximate surface area is 120 Å². The zero-order valence-electron chi connectivity index (χ0n) is 11.7. The van der Waals surface area contributed by atoms with Gasteiger partial charge in [-0.2, -0.15) is 0 Å². The summed E-state index contributed by atoms with van der Waals surface area (Å²) >= 11 is 0. The van der Waals surface area contributed by atoms with E-state index in [0.29, 0.717) is 5.92 Å². The lowest BCUT2D eigenvalue weighted by atomic mass is 9.88. The molecule has 1 aliphatic heterocycles. The normalized spacial score (nSPS) is 18.9. The predicted octanol–water partition coefficient (Wildman–Crippen LogP) is 3.20. The molecule has 0 amide bonds. The molecule has 1 heterocycles. The molecule has 0 radical (unpaired) electrons. The first kappa shape index (κ1) is 13.2. The molecule has 2 unspecified atom stereocenters. The maximum Gasteiger partial charge on any atom is 0.122 e. The first-order valence-electron chi connectivity index (χ1n) is 7.33. The highest BCUT2D eigenvalue weighted by Crippen LogP contribution is 2.28. The first-order valence-corrected chi connectivity index (χ1v) is 7.33. The van der Waals surface area contributed by atoms with Crippen molar-refractivity contribution >= 4 is 0 Å². The summed E-state index contributed by atoms with van der Waals surface area (Å²) in [6, 6.07) is 19.0. The average molecular weight is 267 g/mol. The van der Waals surface area contributed by atoms with Crippen LogP contribution in [0.3, 0.4) is 0 Å². The van der Waals surface area contributed by atoms with Crippen LogP contribution in [-0.4, -0.2) is 12.6 Å². The SMILES string of the molecule is NC(CCc1ccccc1)C1COc2ccccc2C1. The topological polar surface area (TPSA) is 35.2 Å². The number of ether oxygens (including phenoxy) is 1. The van der Waals surface area contributed by atoms with Crippen LogP contribution >= 0.6 is 0 Å². The summed E-state index contributed by atoms with van der Waals surface area (Å²) in [6.07, 6.45) is 3.09. The summed E-state index contributed by atoms with van der Waals surface area (Å²) in [7, 11) is 0. The molecule has 0 bridgehead atoms. The van der Waals surface area contributed by atoms with Crippen molar-refractivity contribution in [2.45, 2.75) is 25.3 Å². The third-order valence-electron chi connectivity index (χ3n) is 4.12. The van der Waals surface area contributed by atoms with Crippen LogP contribution in [0.15, 0.2) is 54.6 Å². The van der Waals surface area contributed by atoms with Crippen molar-refractivity contribution in [2.24, 2.45) is 11.7 Å². The Kier molecular flexibility index (Phi) is 4.03. The van der Waals surface area contributed by atoms with E-state index >= 15 is 0 Å². The van der Waals surface area contributed by atoms with Gasteiger partial charge in [0.2, 0.25) is 0 Å². The molecule has 3 rings (SSSR count). The number of para-hydroxylation sites is 1. The molecular formula is C18H21NO. The number of benzene rings is 2. The van der Waals surface area contributed by atoms with Crippen molar-refractivity contribution in [1.82, 2.24) is 0 Å². The van der Waals surface area contributed by atoms with Gasteiger partial charge in [0.1, 0.15) is 5.75 Å². The highest BCUT2D eigenvalue weighted by Gasteiger charge is 2.24. The molecule has 1 aliphatic rings. The van der Waals surface area contributed by atoms with Crippen LogP contribution in [0, 0.1) is 5.92 Å². The van der Waals surface area contributed by atoms with E-state index in [-0.39, 0.29) is 6.04 Å². The molecule has 0 spiro atoms. The third-order valence-corrected chi connectivity index (χ3v) is 4.12. The molecular weight excluding hydrogens is 246 g/mol. The molecule has 2 aromatic carbocycles. The number of fused-ring (bicyclic) bond motifs is 1. The van der Waals surface area contributed by atoms with Gasteiger partial charge in [0.05, 0.1) is 6.61 Å². The van der Waals surface area contributed by atoms with E-state index in [0.717, 1.165) is 31.6 Å². The van der Waals surface area contributed by atoms with Crippen LogP contribution < -0.4 is 10.5 Å². The molecule has 20 heavy (non-hydrogen) atoms. The molecule has 2 aromatic rings. The van der Waals surface area contributed by atoms with Crippen molar-refractivity contribution in [3.63, 3.8) is 0 Å². The second-order valence-electron chi connectivity index (χ2n) is 5.57. The minimum atomic E-state index is 0.198. The molecule has 2 N–H and O–H groups in total. The summed E-state index contributed by atoms with van der Waals surface area (Å²) in [5.74, 6) is 1.45. The van der Waals surface area contributed by atoms with E-state index in [1.54, 1.807) is 0 Å². The largest absolute Gasteiger partial charge is 0.493 e. The molecule has 0 fully saturated rings. The Morgan fingerprint density at radius 3 is 2.65 bits per heavy atom. The number of nitrogens with two attached hydrogens (primary N) is 1. The minimum Gasteiger partial charge on any atom is -0.493 e. The Morgan fingerprint density at radius 1 is 1.05 bits per heavy atom. The molecule has 0 aromatic heterocycles. The van der Waals surface area contributed by atoms with Gasteiger partial charge in [-0.25, -0.2) is 0 Å². The fraction of sp³-hybridized carbons (Fsp3) is 0.333. The first-order chi connectivity index (χ1) is 9.83.